The maximum absolute atomic E-state index is 15.0. The largest absolute Gasteiger partial charge is 0.435 e. The number of halogens is 9. The zero-order chi connectivity index (χ0) is 24.9. The first-order valence-electron chi connectivity index (χ1n) is 10.1. The second-order valence-corrected chi connectivity index (χ2v) is 9.28. The number of hydrogen-bond donors (Lipinski definition) is 0. The topological polar surface area (TPSA) is 24.8 Å². The highest BCUT2D eigenvalue weighted by atomic mass is 35.5. The van der Waals surface area contributed by atoms with Gasteiger partial charge in [-0.3, -0.25) is 4.90 Å². The van der Waals surface area contributed by atoms with E-state index >= 15 is 4.39 Å². The molecule has 0 aromatic heterocycles. The highest BCUT2D eigenvalue weighted by Crippen LogP contribution is 2.50. The van der Waals surface area contributed by atoms with Gasteiger partial charge in [-0.25, -0.2) is 4.39 Å². The van der Waals surface area contributed by atoms with Crippen LogP contribution in [0.2, 0.25) is 10.0 Å². The van der Waals surface area contributed by atoms with Crippen LogP contribution in [-0.2, 0) is 16.1 Å². The molecule has 1 fully saturated rings. The predicted molar refractivity (Wildman–Crippen MR) is 113 cm³/mol. The molecule has 1 unspecified atom stereocenters. The predicted octanol–water partition coefficient (Wildman–Crippen LogP) is 7.01. The third-order valence-electron chi connectivity index (χ3n) is 5.91. The van der Waals surface area contributed by atoms with Crippen molar-refractivity contribution in [3.8, 4) is 0 Å². The molecule has 2 aromatic carbocycles. The van der Waals surface area contributed by atoms with E-state index in [1.54, 1.807) is 0 Å². The molecule has 0 radical (unpaired) electrons. The monoisotopic (exact) mass is 528 g/mol. The van der Waals surface area contributed by atoms with Crippen LogP contribution < -0.4 is 0 Å². The van der Waals surface area contributed by atoms with E-state index in [2.05, 4.69) is 5.16 Å². The summed E-state index contributed by atoms with van der Waals surface area (Å²) in [6.07, 6.45) is -10.8. The van der Waals surface area contributed by atoms with Crippen LogP contribution in [0.5, 0.6) is 0 Å². The van der Waals surface area contributed by atoms with Crippen LogP contribution in [0.1, 0.15) is 29.5 Å². The molecule has 0 aliphatic carbocycles. The van der Waals surface area contributed by atoms with Gasteiger partial charge in [0.05, 0.1) is 12.1 Å². The Balaban J connectivity index is 1.49. The van der Waals surface area contributed by atoms with Gasteiger partial charge in [-0.15, -0.1) is 0 Å². The molecule has 0 amide bonds. The van der Waals surface area contributed by atoms with Crippen molar-refractivity contribution in [3.63, 3.8) is 0 Å². The van der Waals surface area contributed by atoms with Gasteiger partial charge in [0.25, 0.3) is 5.60 Å². The van der Waals surface area contributed by atoms with Crippen molar-refractivity contribution in [2.45, 2.75) is 36.5 Å². The number of nitrogens with zero attached hydrogens (tertiary/aromatic N) is 2. The van der Waals surface area contributed by atoms with Gasteiger partial charge < -0.3 is 4.84 Å². The van der Waals surface area contributed by atoms with Gasteiger partial charge >= 0.3 is 12.4 Å². The van der Waals surface area contributed by atoms with Crippen molar-refractivity contribution in [3.05, 3.63) is 69.2 Å². The second kappa shape index (κ2) is 8.57. The van der Waals surface area contributed by atoms with E-state index in [4.69, 9.17) is 28.0 Å². The molecule has 2 aromatic rings. The Morgan fingerprint density at radius 1 is 0.912 bits per heavy atom. The van der Waals surface area contributed by atoms with Gasteiger partial charge in [0.2, 0.25) is 0 Å². The van der Waals surface area contributed by atoms with Crippen molar-refractivity contribution in [2.75, 3.05) is 19.6 Å². The number of benzene rings is 2. The van der Waals surface area contributed by atoms with Crippen LogP contribution in [0, 0.1) is 0 Å². The minimum atomic E-state index is -4.85. The van der Waals surface area contributed by atoms with Crippen LogP contribution >= 0.6 is 23.2 Å². The van der Waals surface area contributed by atoms with Gasteiger partial charge in [0.1, 0.15) is 0 Å². The van der Waals surface area contributed by atoms with Crippen molar-refractivity contribution in [2.24, 2.45) is 5.16 Å². The van der Waals surface area contributed by atoms with Crippen molar-refractivity contribution < 1.29 is 35.6 Å². The van der Waals surface area contributed by atoms with E-state index in [-0.39, 0.29) is 46.5 Å². The number of rotatable bonds is 5. The van der Waals surface area contributed by atoms with E-state index in [1.807, 2.05) is 0 Å². The highest BCUT2D eigenvalue weighted by molar-refractivity contribution is 6.34. The minimum absolute atomic E-state index is 0.00514. The first-order valence-corrected chi connectivity index (χ1v) is 10.8. The molecule has 0 N–H and O–H groups in total. The zero-order valence-corrected chi connectivity index (χ0v) is 18.8. The van der Waals surface area contributed by atoms with E-state index in [9.17, 15) is 26.3 Å². The smallest absolute Gasteiger partial charge is 0.374 e. The molecule has 184 valence electrons. The van der Waals surface area contributed by atoms with Crippen LogP contribution in [0.15, 0.2) is 47.6 Å². The molecule has 4 rings (SSSR count). The quantitative estimate of drug-likeness (QED) is 0.390. The normalized spacial score (nSPS) is 22.8. The minimum Gasteiger partial charge on any atom is -0.374 e. The van der Waals surface area contributed by atoms with E-state index in [1.165, 1.54) is 35.2 Å². The Labute approximate surface area is 200 Å². The molecule has 2 aliphatic rings. The zero-order valence-electron chi connectivity index (χ0n) is 17.3. The average Bonchev–Trinajstić information content (AvgIpc) is 3.16. The summed E-state index contributed by atoms with van der Waals surface area (Å²) < 4.78 is 94.3. The van der Waals surface area contributed by atoms with E-state index in [0.29, 0.717) is 5.56 Å². The van der Waals surface area contributed by atoms with Gasteiger partial charge in [0, 0.05) is 41.7 Å². The third-order valence-corrected chi connectivity index (χ3v) is 6.35. The molecule has 2 heterocycles. The third kappa shape index (κ3) is 4.85. The summed E-state index contributed by atoms with van der Waals surface area (Å²) >= 11 is 11.8. The Kier molecular flexibility index (Phi) is 6.31. The van der Waals surface area contributed by atoms with Gasteiger partial charge in [-0.2, -0.15) is 26.3 Å². The van der Waals surface area contributed by atoms with Gasteiger partial charge in [-0.1, -0.05) is 52.6 Å². The summed E-state index contributed by atoms with van der Waals surface area (Å²) in [7, 11) is 0. The van der Waals surface area contributed by atoms with E-state index < -0.39 is 36.5 Å². The van der Waals surface area contributed by atoms with Crippen LogP contribution in [0.3, 0.4) is 0 Å². The number of hydrogen-bond acceptors (Lipinski definition) is 3. The highest BCUT2D eigenvalue weighted by Gasteiger charge is 2.62. The second-order valence-electron chi connectivity index (χ2n) is 8.41. The van der Waals surface area contributed by atoms with Crippen molar-refractivity contribution in [1.29, 1.82) is 0 Å². The fourth-order valence-electron chi connectivity index (χ4n) is 4.09. The molecule has 0 bridgehead atoms. The number of alkyl halides is 7. The molecule has 3 nitrogen and oxygen atoms in total. The molecule has 0 saturated carbocycles. The molecule has 2 aliphatic heterocycles. The maximum Gasteiger partial charge on any atom is 0.435 e. The molecule has 1 saturated heterocycles. The lowest BCUT2D eigenvalue weighted by molar-refractivity contribution is -0.275. The Morgan fingerprint density at radius 2 is 1.50 bits per heavy atom. The fraction of sp³-hybridized carbons (Fsp3) is 0.409. The lowest BCUT2D eigenvalue weighted by Crippen LogP contribution is -2.57. The van der Waals surface area contributed by atoms with Crippen LogP contribution in [0.4, 0.5) is 30.7 Å². The SMILES string of the molecule is FC(F)(F)CCN1CC(F)(c2ccc(C3=NOC(c4cc(Cl)cc(Cl)c4)(C(F)(F)F)C3)cc2)C1. The standard InChI is InChI=1S/C22H17Cl2F7N2O/c23-16-7-15(8-17(24)9-16)20(22(29,30)31)10-18(32-34-20)13-1-3-14(4-2-13)19(25)11-33(12-19)6-5-21(26,27)28/h1-4,7-9H,5-6,10-12H2. The first-order chi connectivity index (χ1) is 15.7. The molecular weight excluding hydrogens is 512 g/mol. The van der Waals surface area contributed by atoms with Gasteiger partial charge in [-0.05, 0) is 29.3 Å². The fourth-order valence-corrected chi connectivity index (χ4v) is 4.62. The van der Waals surface area contributed by atoms with E-state index in [0.717, 1.165) is 12.1 Å². The molecule has 34 heavy (non-hydrogen) atoms. The lowest BCUT2D eigenvalue weighted by atomic mass is 9.85. The average molecular weight is 529 g/mol. The lowest BCUT2D eigenvalue weighted by Gasteiger charge is -2.45. The maximum atomic E-state index is 15.0. The number of likely N-dealkylation sites (tertiary alicyclic amines) is 1. The summed E-state index contributed by atoms with van der Waals surface area (Å²) in [6.45, 7) is -0.688. The summed E-state index contributed by atoms with van der Waals surface area (Å²) in [5.41, 5.74) is -4.41. The Bertz CT molecular complexity index is 1080. The first kappa shape index (κ1) is 25.1. The summed E-state index contributed by atoms with van der Waals surface area (Å²) in [6, 6.07) is 9.12. The Hall–Kier alpha value is -2.04. The summed E-state index contributed by atoms with van der Waals surface area (Å²) in [4.78, 5) is 6.29. The molecule has 12 heteroatoms. The van der Waals surface area contributed by atoms with Crippen molar-refractivity contribution >= 4 is 28.9 Å². The van der Waals surface area contributed by atoms with Crippen LogP contribution in [-0.4, -0.2) is 42.6 Å². The molecule has 1 atom stereocenters. The van der Waals surface area contributed by atoms with Crippen molar-refractivity contribution in [1.82, 2.24) is 4.90 Å². The van der Waals surface area contributed by atoms with Gasteiger partial charge in [0.15, 0.2) is 5.67 Å². The number of oxime groups is 1. The molecule has 0 spiro atoms. The van der Waals surface area contributed by atoms with Crippen LogP contribution in [0.25, 0.3) is 0 Å². The Morgan fingerprint density at radius 3 is 2.03 bits per heavy atom. The summed E-state index contributed by atoms with van der Waals surface area (Å²) in [5, 5.41) is 3.66. The molecular formula is C22H17Cl2F7N2O. The summed E-state index contributed by atoms with van der Waals surface area (Å²) in [5.74, 6) is 0.